The standard InChI is InChI=1S/C2H5N.CH5N.CH4/c1-3-2;1-2;/h1H2,2H3;2H2,1H3;1H4. The summed E-state index contributed by atoms with van der Waals surface area (Å²) in [5, 5.41) is 0. The molecular weight excluding hydrogens is 76.1 g/mol. The zero-order valence-corrected chi connectivity index (χ0v) is 3.73. The van der Waals surface area contributed by atoms with E-state index in [2.05, 4.69) is 17.4 Å². The third-order valence-corrected chi connectivity index (χ3v) is 0. The Morgan fingerprint density at radius 3 is 1.50 bits per heavy atom. The molecule has 0 unspecified atom stereocenters. The van der Waals surface area contributed by atoms with Gasteiger partial charge in [0.2, 0.25) is 0 Å². The second-order valence-corrected chi connectivity index (χ2v) is 0.316. The third kappa shape index (κ3) is 183. The summed E-state index contributed by atoms with van der Waals surface area (Å²) >= 11 is 0. The Morgan fingerprint density at radius 1 is 1.50 bits per heavy atom. The van der Waals surface area contributed by atoms with Crippen molar-refractivity contribution in [3.63, 3.8) is 0 Å². The zero-order chi connectivity index (χ0) is 4.71. The lowest BCUT2D eigenvalue weighted by molar-refractivity contribution is 1.48. The number of rotatable bonds is 0. The fourth-order valence-corrected chi connectivity index (χ4v) is 0. The summed E-state index contributed by atoms with van der Waals surface area (Å²) in [7, 11) is 3.14. The highest BCUT2D eigenvalue weighted by molar-refractivity contribution is 5.22. The van der Waals surface area contributed by atoms with E-state index in [9.17, 15) is 0 Å². The van der Waals surface area contributed by atoms with Crippen LogP contribution < -0.4 is 5.73 Å². The van der Waals surface area contributed by atoms with Crippen LogP contribution in [0.15, 0.2) is 4.99 Å². The number of nitrogens with two attached hydrogens (primary N) is 1. The third-order valence-electron chi connectivity index (χ3n) is 0. The Kier molecular flexibility index (Phi) is 447. The van der Waals surface area contributed by atoms with E-state index < -0.39 is 0 Å². The van der Waals surface area contributed by atoms with E-state index in [-0.39, 0.29) is 7.43 Å². The molecule has 0 amide bonds. The van der Waals surface area contributed by atoms with Crippen molar-refractivity contribution in [2.45, 2.75) is 7.43 Å². The summed E-state index contributed by atoms with van der Waals surface area (Å²) in [5.74, 6) is 0. The highest BCUT2D eigenvalue weighted by Crippen LogP contribution is 1.22. The Balaban J connectivity index is -0.0000000275. The molecule has 6 heavy (non-hydrogen) atoms. The first-order valence-corrected chi connectivity index (χ1v) is 1.34. The molecule has 2 N–H and O–H groups in total. The van der Waals surface area contributed by atoms with E-state index in [0.29, 0.717) is 0 Å². The van der Waals surface area contributed by atoms with E-state index >= 15 is 0 Å². The SMILES string of the molecule is C.C=NC.CN. The minimum absolute atomic E-state index is 0. The Morgan fingerprint density at radius 2 is 1.50 bits per heavy atom. The van der Waals surface area contributed by atoms with Crippen molar-refractivity contribution in [3.05, 3.63) is 0 Å². The molecule has 2 heteroatoms. The van der Waals surface area contributed by atoms with Crippen molar-refractivity contribution >= 4 is 6.72 Å². The van der Waals surface area contributed by atoms with E-state index in [1.807, 2.05) is 0 Å². The van der Waals surface area contributed by atoms with Crippen LogP contribution >= 0.6 is 0 Å². The van der Waals surface area contributed by atoms with Crippen molar-refractivity contribution in [1.82, 2.24) is 0 Å². The maximum Gasteiger partial charge on any atom is 0.0269 e. The van der Waals surface area contributed by atoms with E-state index in [1.54, 1.807) is 7.05 Å². The molecule has 0 bridgehead atoms. The molecule has 0 saturated carbocycles. The predicted molar refractivity (Wildman–Crippen MR) is 32.3 cm³/mol. The maximum atomic E-state index is 4.50. The molecule has 0 fully saturated rings. The average Bonchev–Trinajstić information content (AvgIpc) is 1.46. The molecule has 0 atom stereocenters. The van der Waals surface area contributed by atoms with Crippen LogP contribution in [0.2, 0.25) is 0 Å². The number of hydrogen-bond acceptors (Lipinski definition) is 2. The Labute approximate surface area is 40.1 Å². The van der Waals surface area contributed by atoms with Gasteiger partial charge in [0.15, 0.2) is 0 Å². The molecular formula is C4H14N2. The van der Waals surface area contributed by atoms with Crippen LogP contribution in [0.5, 0.6) is 0 Å². The van der Waals surface area contributed by atoms with E-state index in [1.165, 1.54) is 7.05 Å². The van der Waals surface area contributed by atoms with Gasteiger partial charge in [0.25, 0.3) is 0 Å². The quantitative estimate of drug-likeness (QED) is 0.433. The van der Waals surface area contributed by atoms with Crippen molar-refractivity contribution in [1.29, 1.82) is 0 Å². The smallest absolute Gasteiger partial charge is 0.0269 e. The monoisotopic (exact) mass is 90.1 g/mol. The van der Waals surface area contributed by atoms with Crippen molar-refractivity contribution in [3.8, 4) is 0 Å². The van der Waals surface area contributed by atoms with Gasteiger partial charge in [-0.1, -0.05) is 7.43 Å². The molecule has 0 rings (SSSR count). The van der Waals surface area contributed by atoms with Crippen molar-refractivity contribution < 1.29 is 0 Å². The van der Waals surface area contributed by atoms with Crippen LogP contribution in [-0.2, 0) is 0 Å². The topological polar surface area (TPSA) is 38.4 Å². The Bertz CT molecular complexity index is 13.0. The summed E-state index contributed by atoms with van der Waals surface area (Å²) in [6.07, 6.45) is 0. The highest BCUT2D eigenvalue weighted by Gasteiger charge is 1.09. The first-order valence-electron chi connectivity index (χ1n) is 1.34. The molecule has 0 radical (unpaired) electrons. The molecule has 0 aromatic carbocycles. The molecule has 0 aliphatic carbocycles. The number of hydrogen-bond donors (Lipinski definition) is 1. The van der Waals surface area contributed by atoms with Crippen molar-refractivity contribution in [2.24, 2.45) is 10.7 Å². The summed E-state index contributed by atoms with van der Waals surface area (Å²) in [5.41, 5.74) is 4.50. The van der Waals surface area contributed by atoms with Crippen LogP contribution in [-0.4, -0.2) is 20.8 Å². The van der Waals surface area contributed by atoms with Crippen LogP contribution in [0.1, 0.15) is 7.43 Å². The molecule has 0 aromatic heterocycles. The minimum Gasteiger partial charge on any atom is -0.333 e. The number of aliphatic imine (C=N–C) groups is 1. The van der Waals surface area contributed by atoms with Gasteiger partial charge >= 0.3 is 0 Å². The van der Waals surface area contributed by atoms with Crippen LogP contribution in [0, 0.1) is 0 Å². The van der Waals surface area contributed by atoms with Gasteiger partial charge in [-0.3, -0.25) is 0 Å². The second kappa shape index (κ2) is 154. The molecule has 0 heterocycles. The lowest BCUT2D eigenvalue weighted by Gasteiger charge is -1.38. The molecule has 0 saturated heterocycles. The van der Waals surface area contributed by atoms with Gasteiger partial charge in [-0.05, 0) is 13.8 Å². The van der Waals surface area contributed by atoms with Gasteiger partial charge < -0.3 is 10.7 Å². The molecule has 0 spiro atoms. The second-order valence-electron chi connectivity index (χ2n) is 0.316. The van der Waals surface area contributed by atoms with Gasteiger partial charge in [-0.25, -0.2) is 0 Å². The first kappa shape index (κ1) is 17.4. The van der Waals surface area contributed by atoms with Gasteiger partial charge in [0, 0.05) is 7.05 Å². The fraction of sp³-hybridized carbons (Fsp3) is 0.750. The van der Waals surface area contributed by atoms with Crippen molar-refractivity contribution in [2.75, 3.05) is 14.1 Å². The average molecular weight is 90.2 g/mol. The van der Waals surface area contributed by atoms with Gasteiger partial charge in [0.1, 0.15) is 0 Å². The summed E-state index contributed by atoms with van der Waals surface area (Å²) in [6.45, 7) is 3.11. The molecule has 0 aliphatic rings. The zero-order valence-electron chi connectivity index (χ0n) is 3.73. The van der Waals surface area contributed by atoms with Gasteiger partial charge in [-0.2, -0.15) is 0 Å². The molecule has 0 aliphatic heterocycles. The minimum atomic E-state index is 0. The number of nitrogens with zero attached hydrogens (tertiary/aromatic N) is 1. The van der Waals surface area contributed by atoms with Gasteiger partial charge in [0.05, 0.1) is 0 Å². The predicted octanol–water partition coefficient (Wildman–Crippen LogP) is 0.528. The summed E-state index contributed by atoms with van der Waals surface area (Å²) in [6, 6.07) is 0. The highest BCUT2D eigenvalue weighted by atomic mass is 14.6. The van der Waals surface area contributed by atoms with Crippen LogP contribution in [0.3, 0.4) is 0 Å². The summed E-state index contributed by atoms with van der Waals surface area (Å²) in [4.78, 5) is 3.25. The Hall–Kier alpha value is -0.370. The largest absolute Gasteiger partial charge is 0.333 e. The van der Waals surface area contributed by atoms with Crippen LogP contribution in [0.4, 0.5) is 0 Å². The lowest BCUT2D eigenvalue weighted by atomic mass is 11.4. The maximum absolute atomic E-state index is 4.50. The summed E-state index contributed by atoms with van der Waals surface area (Å²) < 4.78 is 0. The normalized spacial score (nSPS) is 3.17. The van der Waals surface area contributed by atoms with Gasteiger partial charge in [-0.15, -0.1) is 0 Å². The fourth-order valence-electron chi connectivity index (χ4n) is 0. The van der Waals surface area contributed by atoms with E-state index in [4.69, 9.17) is 0 Å². The molecule has 0 aromatic rings. The molecule has 2 nitrogen and oxygen atoms in total. The first-order chi connectivity index (χ1) is 2.41. The van der Waals surface area contributed by atoms with Crippen LogP contribution in [0.25, 0.3) is 0 Å². The molecule has 40 valence electrons. The lowest BCUT2D eigenvalue weighted by Crippen LogP contribution is -1.69. The van der Waals surface area contributed by atoms with E-state index in [0.717, 1.165) is 0 Å².